The van der Waals surface area contributed by atoms with Crippen LogP contribution in [0.1, 0.15) is 51.6 Å². The van der Waals surface area contributed by atoms with E-state index in [0.717, 1.165) is 5.56 Å². The van der Waals surface area contributed by atoms with Crippen LogP contribution in [0, 0.1) is 6.92 Å². The number of carbonyl (C=O) groups excluding carboxylic acids is 2. The summed E-state index contributed by atoms with van der Waals surface area (Å²) in [5.41, 5.74) is 12.8. The van der Waals surface area contributed by atoms with Crippen LogP contribution in [0.4, 0.5) is 0 Å². The molecule has 16 heavy (non-hydrogen) atoms. The molecule has 0 aromatic heterocycles. The van der Waals surface area contributed by atoms with Crippen molar-refractivity contribution in [3.8, 4) is 0 Å². The lowest BCUT2D eigenvalue weighted by molar-refractivity contribution is 0.0999. The second kappa shape index (κ2) is 4.35. The van der Waals surface area contributed by atoms with Crippen molar-refractivity contribution in [3.63, 3.8) is 0 Å². The van der Waals surface area contributed by atoms with Gasteiger partial charge in [-0.1, -0.05) is 13.8 Å². The maximum Gasteiger partial charge on any atom is 0.249 e. The summed E-state index contributed by atoms with van der Waals surface area (Å²) in [7, 11) is 0. The molecule has 0 aliphatic carbocycles. The van der Waals surface area contributed by atoms with Gasteiger partial charge < -0.3 is 11.5 Å². The molecule has 4 heteroatoms. The molecule has 1 rings (SSSR count). The highest BCUT2D eigenvalue weighted by Gasteiger charge is 2.19. The van der Waals surface area contributed by atoms with Crippen LogP contribution in [0.25, 0.3) is 0 Å². The molecule has 86 valence electrons. The Morgan fingerprint density at radius 3 is 1.69 bits per heavy atom. The first kappa shape index (κ1) is 12.2. The highest BCUT2D eigenvalue weighted by molar-refractivity contribution is 6.01. The monoisotopic (exact) mass is 220 g/mol. The van der Waals surface area contributed by atoms with Crippen LogP contribution in [0.2, 0.25) is 0 Å². The van der Waals surface area contributed by atoms with Gasteiger partial charge in [-0.05, 0) is 36.1 Å². The Labute approximate surface area is 94.6 Å². The number of primary amides is 2. The SMILES string of the molecule is Cc1cc(C(N)=O)c(C(C)C)c(C(N)=O)c1. The van der Waals surface area contributed by atoms with Gasteiger partial charge in [0.1, 0.15) is 0 Å². The van der Waals surface area contributed by atoms with Gasteiger partial charge in [-0.3, -0.25) is 9.59 Å². The highest BCUT2D eigenvalue weighted by atomic mass is 16.1. The number of carbonyl (C=O) groups is 2. The fourth-order valence-electron chi connectivity index (χ4n) is 1.83. The van der Waals surface area contributed by atoms with Crippen molar-refractivity contribution in [2.24, 2.45) is 11.5 Å². The Hall–Kier alpha value is -1.84. The Kier molecular flexibility index (Phi) is 3.32. The Balaban J connectivity index is 3.60. The molecule has 4 nitrogen and oxygen atoms in total. The van der Waals surface area contributed by atoms with Gasteiger partial charge in [0.2, 0.25) is 11.8 Å². The summed E-state index contributed by atoms with van der Waals surface area (Å²) in [4.78, 5) is 22.6. The number of nitrogens with two attached hydrogens (primary N) is 2. The minimum absolute atomic E-state index is 0.0191. The molecule has 0 heterocycles. The van der Waals surface area contributed by atoms with Gasteiger partial charge in [0.15, 0.2) is 0 Å². The molecule has 0 atom stereocenters. The van der Waals surface area contributed by atoms with E-state index >= 15 is 0 Å². The predicted octanol–water partition coefficient (Wildman–Crippen LogP) is 1.32. The summed E-state index contributed by atoms with van der Waals surface area (Å²) in [5, 5.41) is 0. The predicted molar refractivity (Wildman–Crippen MR) is 62.3 cm³/mol. The second-order valence-electron chi connectivity index (χ2n) is 4.16. The van der Waals surface area contributed by atoms with Crippen molar-refractivity contribution >= 4 is 11.8 Å². The molecule has 4 N–H and O–H groups in total. The molecular formula is C12H16N2O2. The Bertz CT molecular complexity index is 415. The third-order valence-electron chi connectivity index (χ3n) is 2.43. The zero-order valence-corrected chi connectivity index (χ0v) is 9.70. The molecule has 2 amide bonds. The first-order chi connectivity index (χ1) is 7.34. The summed E-state index contributed by atoms with van der Waals surface area (Å²) in [6, 6.07) is 3.37. The van der Waals surface area contributed by atoms with Crippen molar-refractivity contribution in [2.45, 2.75) is 26.7 Å². The fourth-order valence-corrected chi connectivity index (χ4v) is 1.83. The topological polar surface area (TPSA) is 86.2 Å². The van der Waals surface area contributed by atoms with Crippen molar-refractivity contribution in [2.75, 3.05) is 0 Å². The molecule has 1 aromatic rings. The number of aryl methyl sites for hydroxylation is 1. The van der Waals surface area contributed by atoms with Gasteiger partial charge in [0.25, 0.3) is 0 Å². The first-order valence-electron chi connectivity index (χ1n) is 5.08. The zero-order chi connectivity index (χ0) is 12.5. The van der Waals surface area contributed by atoms with E-state index in [2.05, 4.69) is 0 Å². The number of hydrogen-bond acceptors (Lipinski definition) is 2. The molecule has 0 aliphatic rings. The summed E-state index contributed by atoms with van der Waals surface area (Å²) >= 11 is 0. The van der Waals surface area contributed by atoms with E-state index in [1.165, 1.54) is 0 Å². The molecule has 0 spiro atoms. The minimum atomic E-state index is -0.532. The lowest BCUT2D eigenvalue weighted by atomic mass is 9.89. The number of rotatable bonds is 3. The number of amides is 2. The van der Waals surface area contributed by atoms with Crippen molar-refractivity contribution in [1.29, 1.82) is 0 Å². The normalized spacial score (nSPS) is 10.5. The number of hydrogen-bond donors (Lipinski definition) is 2. The van der Waals surface area contributed by atoms with E-state index in [1.807, 2.05) is 13.8 Å². The van der Waals surface area contributed by atoms with E-state index < -0.39 is 11.8 Å². The van der Waals surface area contributed by atoms with Crippen LogP contribution < -0.4 is 11.5 Å². The fraction of sp³-hybridized carbons (Fsp3) is 0.333. The molecule has 0 unspecified atom stereocenters. The maximum atomic E-state index is 11.3. The number of benzene rings is 1. The summed E-state index contributed by atoms with van der Waals surface area (Å²) in [6.07, 6.45) is 0. The third-order valence-corrected chi connectivity index (χ3v) is 2.43. The average Bonchev–Trinajstić information content (AvgIpc) is 2.15. The van der Waals surface area contributed by atoms with Gasteiger partial charge in [0, 0.05) is 11.1 Å². The van der Waals surface area contributed by atoms with Gasteiger partial charge >= 0.3 is 0 Å². The smallest absolute Gasteiger partial charge is 0.249 e. The van der Waals surface area contributed by atoms with E-state index in [4.69, 9.17) is 11.5 Å². The van der Waals surface area contributed by atoms with Crippen molar-refractivity contribution in [3.05, 3.63) is 34.4 Å². The van der Waals surface area contributed by atoms with Gasteiger partial charge in [-0.15, -0.1) is 0 Å². The molecule has 0 saturated heterocycles. The summed E-state index contributed by atoms with van der Waals surface area (Å²) < 4.78 is 0. The van der Waals surface area contributed by atoms with Crippen LogP contribution >= 0.6 is 0 Å². The van der Waals surface area contributed by atoms with E-state index in [-0.39, 0.29) is 5.92 Å². The quantitative estimate of drug-likeness (QED) is 0.804. The van der Waals surface area contributed by atoms with Crippen LogP contribution in [-0.2, 0) is 0 Å². The van der Waals surface area contributed by atoms with Crippen LogP contribution in [0.5, 0.6) is 0 Å². The van der Waals surface area contributed by atoms with Crippen molar-refractivity contribution in [1.82, 2.24) is 0 Å². The van der Waals surface area contributed by atoms with Gasteiger partial charge in [-0.2, -0.15) is 0 Å². The van der Waals surface area contributed by atoms with Crippen LogP contribution in [-0.4, -0.2) is 11.8 Å². The first-order valence-corrected chi connectivity index (χ1v) is 5.08. The Morgan fingerprint density at radius 1 is 1.06 bits per heavy atom. The average molecular weight is 220 g/mol. The molecule has 1 aromatic carbocycles. The maximum absolute atomic E-state index is 11.3. The van der Waals surface area contributed by atoms with Gasteiger partial charge in [0.05, 0.1) is 0 Å². The van der Waals surface area contributed by atoms with E-state index in [0.29, 0.717) is 16.7 Å². The van der Waals surface area contributed by atoms with Crippen LogP contribution in [0.15, 0.2) is 12.1 Å². The van der Waals surface area contributed by atoms with Crippen molar-refractivity contribution < 1.29 is 9.59 Å². The standard InChI is InChI=1S/C12H16N2O2/c1-6(2)10-8(11(13)15)4-7(3)5-9(10)12(14)16/h4-6H,1-3H3,(H2,13,15)(H2,14,16). The van der Waals surface area contributed by atoms with Crippen LogP contribution in [0.3, 0.4) is 0 Å². The Morgan fingerprint density at radius 2 is 1.44 bits per heavy atom. The van der Waals surface area contributed by atoms with E-state index in [1.54, 1.807) is 19.1 Å². The molecule has 0 fully saturated rings. The highest BCUT2D eigenvalue weighted by Crippen LogP contribution is 2.25. The lowest BCUT2D eigenvalue weighted by Crippen LogP contribution is -2.21. The zero-order valence-electron chi connectivity index (χ0n) is 9.70. The summed E-state index contributed by atoms with van der Waals surface area (Å²) in [6.45, 7) is 5.58. The van der Waals surface area contributed by atoms with Gasteiger partial charge in [-0.25, -0.2) is 0 Å². The second-order valence-corrected chi connectivity index (χ2v) is 4.16. The largest absolute Gasteiger partial charge is 0.366 e. The molecule has 0 bridgehead atoms. The molecular weight excluding hydrogens is 204 g/mol. The minimum Gasteiger partial charge on any atom is -0.366 e. The molecule has 0 radical (unpaired) electrons. The molecule has 0 aliphatic heterocycles. The third kappa shape index (κ3) is 2.21. The molecule has 0 saturated carbocycles. The van der Waals surface area contributed by atoms with E-state index in [9.17, 15) is 9.59 Å². The summed E-state index contributed by atoms with van der Waals surface area (Å²) in [5.74, 6) is -1.05. The lowest BCUT2D eigenvalue weighted by Gasteiger charge is -2.15.